The van der Waals surface area contributed by atoms with Gasteiger partial charge in [0.05, 0.1) is 35.1 Å². The number of aliphatic hydroxyl groups is 2. The number of aromatic nitrogens is 2. The number of sulfone groups is 1. The number of aliphatic hydroxyl groups excluding tert-OH is 2. The van der Waals surface area contributed by atoms with Crippen LogP contribution >= 0.6 is 0 Å². The van der Waals surface area contributed by atoms with Crippen molar-refractivity contribution in [3.8, 4) is 11.1 Å². The summed E-state index contributed by atoms with van der Waals surface area (Å²) in [5.41, 5.74) is 6.74. The molecule has 0 fully saturated rings. The average Bonchev–Trinajstić information content (AvgIpc) is 3.53. The van der Waals surface area contributed by atoms with Gasteiger partial charge >= 0.3 is 0 Å². The summed E-state index contributed by atoms with van der Waals surface area (Å²) in [6, 6.07) is 27.6. The van der Waals surface area contributed by atoms with Gasteiger partial charge in [0.1, 0.15) is 5.69 Å². The summed E-state index contributed by atoms with van der Waals surface area (Å²) in [7, 11) is -3.54. The first kappa shape index (κ1) is 28.8. The predicted octanol–water partition coefficient (Wildman–Crippen LogP) is 7.39. The molecule has 6 aromatic rings. The van der Waals surface area contributed by atoms with Crippen LogP contribution in [0.5, 0.6) is 0 Å². The molecule has 2 N–H and O–H groups in total. The zero-order valence-electron chi connectivity index (χ0n) is 24.0. The summed E-state index contributed by atoms with van der Waals surface area (Å²) in [5, 5.41) is 31.0. The molecule has 0 atom stereocenters. The molecule has 0 amide bonds. The highest BCUT2D eigenvalue weighted by molar-refractivity contribution is 7.91. The molecule has 43 heavy (non-hydrogen) atoms. The van der Waals surface area contributed by atoms with Gasteiger partial charge in [0.2, 0.25) is 0 Å². The Labute approximate surface area is 250 Å². The molecule has 8 nitrogen and oxygen atoms in total. The Hall–Kier alpha value is -4.31. The molecule has 6 rings (SSSR count). The maximum atomic E-state index is 12.2. The Balaban J connectivity index is 1.39. The van der Waals surface area contributed by atoms with E-state index >= 15 is 0 Å². The molecule has 0 radical (unpaired) electrons. The standard InChI is InChI=1S/C34H34N4O4S/c1-2-3-16-38-33-7-5-4-6-28(33)29-21-24(9-15-34(29)38)25-8-14-32-30(22-25)31(23-37(32)17-18-39)36-35-26-10-12-27(13-11-26)43(41,42)20-19-40/h4-15,21-23,39-40H,2-3,16-20H2,1H3. The molecule has 0 bridgehead atoms. The van der Waals surface area contributed by atoms with Crippen molar-refractivity contribution in [3.63, 3.8) is 0 Å². The van der Waals surface area contributed by atoms with Crippen LogP contribution in [0.1, 0.15) is 19.8 Å². The molecule has 4 aromatic carbocycles. The molecule has 2 heterocycles. The summed E-state index contributed by atoms with van der Waals surface area (Å²) >= 11 is 0. The molecule has 0 aliphatic rings. The van der Waals surface area contributed by atoms with Gasteiger partial charge in [-0.05, 0) is 72.1 Å². The van der Waals surface area contributed by atoms with Crippen molar-refractivity contribution in [1.29, 1.82) is 0 Å². The topological polar surface area (TPSA) is 109 Å². The number of fused-ring (bicyclic) bond motifs is 4. The molecule has 0 spiro atoms. The van der Waals surface area contributed by atoms with Gasteiger partial charge < -0.3 is 19.3 Å². The molecular formula is C34H34N4O4S. The van der Waals surface area contributed by atoms with E-state index in [4.69, 9.17) is 5.11 Å². The van der Waals surface area contributed by atoms with Gasteiger partial charge in [-0.1, -0.05) is 43.7 Å². The van der Waals surface area contributed by atoms with Crippen LogP contribution in [-0.4, -0.2) is 46.7 Å². The fourth-order valence-corrected chi connectivity index (χ4v) is 6.72. The highest BCUT2D eigenvalue weighted by Gasteiger charge is 2.15. The Bertz CT molecular complexity index is 2060. The van der Waals surface area contributed by atoms with E-state index < -0.39 is 16.4 Å². The van der Waals surface area contributed by atoms with Gasteiger partial charge in [0.15, 0.2) is 9.84 Å². The molecule has 0 saturated heterocycles. The minimum Gasteiger partial charge on any atom is -0.395 e. The van der Waals surface area contributed by atoms with Gasteiger partial charge in [-0.2, -0.15) is 5.11 Å². The van der Waals surface area contributed by atoms with Crippen molar-refractivity contribution in [2.24, 2.45) is 10.2 Å². The Morgan fingerprint density at radius 2 is 1.42 bits per heavy atom. The van der Waals surface area contributed by atoms with E-state index in [1.807, 2.05) is 10.8 Å². The van der Waals surface area contributed by atoms with Crippen LogP contribution in [0.2, 0.25) is 0 Å². The second-order valence-corrected chi connectivity index (χ2v) is 12.8. The maximum absolute atomic E-state index is 12.2. The zero-order chi connectivity index (χ0) is 30.0. The number of azo groups is 1. The Morgan fingerprint density at radius 1 is 0.721 bits per heavy atom. The third-order valence-corrected chi connectivity index (χ3v) is 9.58. The van der Waals surface area contributed by atoms with E-state index in [0.29, 0.717) is 17.9 Å². The number of benzene rings is 4. The minimum absolute atomic E-state index is 0.00927. The van der Waals surface area contributed by atoms with Gasteiger partial charge in [-0.15, -0.1) is 5.11 Å². The second kappa shape index (κ2) is 12.1. The van der Waals surface area contributed by atoms with Crippen LogP contribution < -0.4 is 0 Å². The fourth-order valence-electron chi connectivity index (χ4n) is 5.69. The lowest BCUT2D eigenvalue weighted by atomic mass is 10.0. The second-order valence-electron chi connectivity index (χ2n) is 10.7. The van der Waals surface area contributed by atoms with Gasteiger partial charge in [-0.25, -0.2) is 8.42 Å². The van der Waals surface area contributed by atoms with Crippen LogP contribution in [0.15, 0.2) is 106 Å². The first-order chi connectivity index (χ1) is 20.9. The van der Waals surface area contributed by atoms with Crippen LogP contribution in [0.3, 0.4) is 0 Å². The van der Waals surface area contributed by atoms with Gasteiger partial charge in [-0.3, -0.25) is 0 Å². The van der Waals surface area contributed by atoms with Crippen molar-refractivity contribution in [1.82, 2.24) is 9.13 Å². The molecule has 0 aliphatic carbocycles. The lowest BCUT2D eigenvalue weighted by Gasteiger charge is -2.08. The molecule has 9 heteroatoms. The molecule has 0 unspecified atom stereocenters. The number of unbranched alkanes of at least 4 members (excludes halogenated alkanes) is 1. The van der Waals surface area contributed by atoms with E-state index in [-0.39, 0.29) is 17.3 Å². The van der Waals surface area contributed by atoms with Crippen LogP contribution in [-0.2, 0) is 22.9 Å². The summed E-state index contributed by atoms with van der Waals surface area (Å²) in [4.78, 5) is 0.134. The third kappa shape index (κ3) is 5.59. The summed E-state index contributed by atoms with van der Waals surface area (Å²) in [5.74, 6) is -0.325. The third-order valence-electron chi connectivity index (χ3n) is 7.87. The van der Waals surface area contributed by atoms with Crippen LogP contribution in [0.4, 0.5) is 11.4 Å². The van der Waals surface area contributed by atoms with Crippen molar-refractivity contribution < 1.29 is 18.6 Å². The maximum Gasteiger partial charge on any atom is 0.180 e. The van der Waals surface area contributed by atoms with E-state index in [2.05, 4.69) is 82.4 Å². The first-order valence-electron chi connectivity index (χ1n) is 14.5. The minimum atomic E-state index is -3.54. The lowest BCUT2D eigenvalue weighted by Crippen LogP contribution is -2.09. The molecule has 0 aliphatic heterocycles. The van der Waals surface area contributed by atoms with Crippen LogP contribution in [0, 0.1) is 0 Å². The van der Waals surface area contributed by atoms with E-state index in [9.17, 15) is 13.5 Å². The fraction of sp³-hybridized carbons (Fsp3) is 0.235. The monoisotopic (exact) mass is 594 g/mol. The van der Waals surface area contributed by atoms with E-state index in [0.717, 1.165) is 41.4 Å². The predicted molar refractivity (Wildman–Crippen MR) is 172 cm³/mol. The summed E-state index contributed by atoms with van der Waals surface area (Å²) in [6.07, 6.45) is 4.14. The van der Waals surface area contributed by atoms with Gasteiger partial charge in [0, 0.05) is 46.5 Å². The van der Waals surface area contributed by atoms with Crippen LogP contribution in [0.25, 0.3) is 43.8 Å². The molecule has 2 aromatic heterocycles. The summed E-state index contributed by atoms with van der Waals surface area (Å²) in [6.45, 7) is 3.18. The summed E-state index contributed by atoms with van der Waals surface area (Å²) < 4.78 is 28.8. The average molecular weight is 595 g/mol. The highest BCUT2D eigenvalue weighted by Crippen LogP contribution is 2.37. The van der Waals surface area contributed by atoms with Gasteiger partial charge in [0.25, 0.3) is 0 Å². The first-order valence-corrected chi connectivity index (χ1v) is 16.2. The smallest absolute Gasteiger partial charge is 0.180 e. The number of nitrogens with zero attached hydrogens (tertiary/aromatic N) is 4. The highest BCUT2D eigenvalue weighted by atomic mass is 32.2. The number of para-hydroxylation sites is 1. The number of hydrogen-bond acceptors (Lipinski definition) is 6. The number of aryl methyl sites for hydroxylation is 1. The van der Waals surface area contributed by atoms with E-state index in [1.54, 1.807) is 12.1 Å². The van der Waals surface area contributed by atoms with Crippen molar-refractivity contribution in [2.45, 2.75) is 37.8 Å². The zero-order valence-corrected chi connectivity index (χ0v) is 24.8. The number of hydrogen-bond donors (Lipinski definition) is 2. The number of rotatable bonds is 11. The molecule has 0 saturated carbocycles. The SMILES string of the molecule is CCCCn1c2ccccc2c2cc(-c3ccc4c(c3)c(N=Nc3ccc(S(=O)(=O)CCO)cc3)cn4CCO)ccc21. The van der Waals surface area contributed by atoms with Crippen molar-refractivity contribution in [2.75, 3.05) is 19.0 Å². The van der Waals surface area contributed by atoms with E-state index in [1.165, 1.54) is 33.9 Å². The lowest BCUT2D eigenvalue weighted by molar-refractivity contribution is 0.278. The quantitative estimate of drug-likeness (QED) is 0.152. The van der Waals surface area contributed by atoms with Crippen molar-refractivity contribution in [3.05, 3.63) is 91.1 Å². The largest absolute Gasteiger partial charge is 0.395 e. The molecule has 220 valence electrons. The molecular weight excluding hydrogens is 560 g/mol. The Kier molecular flexibility index (Phi) is 8.12. The Morgan fingerprint density at radius 3 is 2.14 bits per heavy atom. The normalized spacial score (nSPS) is 12.3. The van der Waals surface area contributed by atoms with Crippen molar-refractivity contribution >= 4 is 53.9 Å².